The highest BCUT2D eigenvalue weighted by molar-refractivity contribution is 6.10. The number of fused-ring (bicyclic) bond motifs is 2. The Morgan fingerprint density at radius 3 is 2.55 bits per heavy atom. The fraction of sp³-hybridized carbons (Fsp3) is 0.185. The Balaban J connectivity index is 1.79. The van der Waals surface area contributed by atoms with E-state index in [1.807, 2.05) is 50.2 Å². The summed E-state index contributed by atoms with van der Waals surface area (Å²) in [5, 5.41) is 0.443. The topological polar surface area (TPSA) is 69.0 Å². The highest BCUT2D eigenvalue weighted by Gasteiger charge is 2.43. The Morgan fingerprint density at radius 2 is 1.79 bits per heavy atom. The van der Waals surface area contributed by atoms with Gasteiger partial charge in [0, 0.05) is 5.69 Å². The van der Waals surface area contributed by atoms with Crippen LogP contribution in [0.3, 0.4) is 0 Å². The second-order valence-corrected chi connectivity index (χ2v) is 7.93. The zero-order valence-corrected chi connectivity index (χ0v) is 18.6. The maximum atomic E-state index is 13.6. The summed E-state index contributed by atoms with van der Waals surface area (Å²) in [6, 6.07) is 19.4. The highest BCUT2D eigenvalue weighted by atomic mass is 16.5. The molecule has 1 amide bonds. The molecule has 2 heterocycles. The van der Waals surface area contributed by atoms with E-state index < -0.39 is 6.04 Å². The third-order valence-corrected chi connectivity index (χ3v) is 5.86. The highest BCUT2D eigenvalue weighted by Crippen LogP contribution is 2.43. The molecule has 0 N–H and O–H groups in total. The van der Waals surface area contributed by atoms with Crippen LogP contribution in [-0.2, 0) is 0 Å². The Kier molecular flexibility index (Phi) is 5.13. The van der Waals surface area contributed by atoms with Gasteiger partial charge < -0.3 is 13.9 Å². The van der Waals surface area contributed by atoms with Crippen molar-refractivity contribution >= 4 is 22.6 Å². The van der Waals surface area contributed by atoms with Crippen molar-refractivity contribution < 1.29 is 18.7 Å². The number of benzene rings is 3. The minimum Gasteiger partial charge on any atom is -0.493 e. The standard InChI is InChI=1S/C27H23NO5/c1-4-32-21-13-12-17(15-22(21)31-3)24-23-25(29)19-10-5-6-11-20(19)33-26(23)27(30)28(24)18-9-7-8-16(2)14-18/h5-15,24H,4H2,1-3H3. The normalized spacial score (nSPS) is 15.1. The molecule has 166 valence electrons. The number of anilines is 1. The van der Waals surface area contributed by atoms with E-state index in [9.17, 15) is 9.59 Å². The van der Waals surface area contributed by atoms with Gasteiger partial charge in [-0.3, -0.25) is 14.5 Å². The molecule has 1 unspecified atom stereocenters. The second kappa shape index (κ2) is 8.13. The average Bonchev–Trinajstić information content (AvgIpc) is 3.12. The van der Waals surface area contributed by atoms with Crippen LogP contribution in [0.4, 0.5) is 5.69 Å². The van der Waals surface area contributed by atoms with E-state index in [0.29, 0.717) is 40.3 Å². The number of nitrogens with zero attached hydrogens (tertiary/aromatic N) is 1. The zero-order chi connectivity index (χ0) is 23.1. The maximum Gasteiger partial charge on any atom is 0.295 e. The fourth-order valence-electron chi connectivity index (χ4n) is 4.41. The zero-order valence-electron chi connectivity index (χ0n) is 18.6. The summed E-state index contributed by atoms with van der Waals surface area (Å²) in [4.78, 5) is 28.9. The van der Waals surface area contributed by atoms with Crippen molar-refractivity contribution in [1.29, 1.82) is 0 Å². The Morgan fingerprint density at radius 1 is 0.970 bits per heavy atom. The predicted molar refractivity (Wildman–Crippen MR) is 126 cm³/mol. The SMILES string of the molecule is CCOc1ccc(C2c3c(oc4ccccc4c3=O)C(=O)N2c2cccc(C)c2)cc1OC. The molecule has 3 aromatic carbocycles. The van der Waals surface area contributed by atoms with Crippen LogP contribution in [0.15, 0.2) is 75.9 Å². The molecule has 1 atom stereocenters. The van der Waals surface area contributed by atoms with Gasteiger partial charge in [-0.25, -0.2) is 0 Å². The quantitative estimate of drug-likeness (QED) is 0.423. The van der Waals surface area contributed by atoms with Gasteiger partial charge in [0.05, 0.1) is 30.7 Å². The van der Waals surface area contributed by atoms with E-state index in [0.717, 1.165) is 11.1 Å². The number of methoxy groups -OCH3 is 1. The lowest BCUT2D eigenvalue weighted by Crippen LogP contribution is -2.29. The van der Waals surface area contributed by atoms with Gasteiger partial charge in [-0.15, -0.1) is 0 Å². The number of aryl methyl sites for hydroxylation is 1. The van der Waals surface area contributed by atoms with E-state index in [-0.39, 0.29) is 17.1 Å². The number of hydrogen-bond acceptors (Lipinski definition) is 5. The first-order chi connectivity index (χ1) is 16.0. The fourth-order valence-corrected chi connectivity index (χ4v) is 4.41. The molecule has 1 aliphatic heterocycles. The number of rotatable bonds is 5. The maximum absolute atomic E-state index is 13.6. The van der Waals surface area contributed by atoms with E-state index in [1.165, 1.54) is 0 Å². The van der Waals surface area contributed by atoms with Crippen LogP contribution in [0.5, 0.6) is 11.5 Å². The molecule has 0 saturated carbocycles. The van der Waals surface area contributed by atoms with Crippen LogP contribution < -0.4 is 19.8 Å². The first kappa shape index (κ1) is 20.8. The molecule has 0 spiro atoms. The van der Waals surface area contributed by atoms with Gasteiger partial charge in [-0.2, -0.15) is 0 Å². The van der Waals surface area contributed by atoms with Gasteiger partial charge in [-0.05, 0) is 61.4 Å². The smallest absolute Gasteiger partial charge is 0.295 e. The molecular weight excluding hydrogens is 418 g/mol. The minimum absolute atomic E-state index is 0.0676. The molecule has 0 fully saturated rings. The first-order valence-electron chi connectivity index (χ1n) is 10.8. The number of ether oxygens (including phenoxy) is 2. The molecule has 1 aliphatic rings. The molecule has 0 radical (unpaired) electrons. The monoisotopic (exact) mass is 441 g/mol. The number of hydrogen-bond donors (Lipinski definition) is 0. The molecule has 5 rings (SSSR count). The molecule has 1 aromatic heterocycles. The largest absolute Gasteiger partial charge is 0.493 e. The molecule has 33 heavy (non-hydrogen) atoms. The molecule has 0 saturated heterocycles. The number of carbonyl (C=O) groups excluding carboxylic acids is 1. The predicted octanol–water partition coefficient (Wildman–Crippen LogP) is 5.26. The lowest BCUT2D eigenvalue weighted by molar-refractivity contribution is 0.0971. The third kappa shape index (κ3) is 3.35. The van der Waals surface area contributed by atoms with Crippen molar-refractivity contribution in [3.8, 4) is 11.5 Å². The molecule has 4 aromatic rings. The Hall–Kier alpha value is -4.06. The van der Waals surface area contributed by atoms with Gasteiger partial charge in [0.15, 0.2) is 16.9 Å². The second-order valence-electron chi connectivity index (χ2n) is 7.93. The van der Waals surface area contributed by atoms with Crippen LogP contribution >= 0.6 is 0 Å². The summed E-state index contributed by atoms with van der Waals surface area (Å²) in [5.41, 5.74) is 2.92. The molecule has 6 nitrogen and oxygen atoms in total. The van der Waals surface area contributed by atoms with Crippen molar-refractivity contribution in [2.75, 3.05) is 18.6 Å². The minimum atomic E-state index is -0.667. The summed E-state index contributed by atoms with van der Waals surface area (Å²) in [6.07, 6.45) is 0. The molecule has 6 heteroatoms. The Bertz CT molecular complexity index is 1440. The molecular formula is C27H23NO5. The summed E-state index contributed by atoms with van der Waals surface area (Å²) in [7, 11) is 1.57. The van der Waals surface area contributed by atoms with Crippen molar-refractivity contribution in [2.24, 2.45) is 0 Å². The van der Waals surface area contributed by atoms with Crippen LogP contribution in [-0.4, -0.2) is 19.6 Å². The van der Waals surface area contributed by atoms with Crippen LogP contribution in [0.25, 0.3) is 11.0 Å². The van der Waals surface area contributed by atoms with Gasteiger partial charge in [0.2, 0.25) is 5.76 Å². The van der Waals surface area contributed by atoms with E-state index in [2.05, 4.69) is 0 Å². The van der Waals surface area contributed by atoms with Gasteiger partial charge in [-0.1, -0.05) is 30.3 Å². The molecule has 0 aliphatic carbocycles. The number of carbonyl (C=O) groups is 1. The summed E-state index contributed by atoms with van der Waals surface area (Å²) in [5.74, 6) is 0.847. The van der Waals surface area contributed by atoms with E-state index in [4.69, 9.17) is 13.9 Å². The number of para-hydroxylation sites is 1. The summed E-state index contributed by atoms with van der Waals surface area (Å²) >= 11 is 0. The summed E-state index contributed by atoms with van der Waals surface area (Å²) < 4.78 is 17.2. The lowest BCUT2D eigenvalue weighted by Gasteiger charge is -2.26. The van der Waals surface area contributed by atoms with Crippen molar-refractivity contribution in [3.05, 3.63) is 99.4 Å². The van der Waals surface area contributed by atoms with Gasteiger partial charge in [0.25, 0.3) is 5.91 Å². The molecule has 0 bridgehead atoms. The Labute approximate surface area is 191 Å². The van der Waals surface area contributed by atoms with E-state index in [1.54, 1.807) is 42.3 Å². The number of amides is 1. The van der Waals surface area contributed by atoms with Gasteiger partial charge >= 0.3 is 0 Å². The van der Waals surface area contributed by atoms with Crippen LogP contribution in [0.2, 0.25) is 0 Å². The summed E-state index contributed by atoms with van der Waals surface area (Å²) in [6.45, 7) is 4.35. The van der Waals surface area contributed by atoms with Gasteiger partial charge in [0.1, 0.15) is 5.58 Å². The van der Waals surface area contributed by atoms with Crippen LogP contribution in [0.1, 0.15) is 40.2 Å². The van der Waals surface area contributed by atoms with Crippen LogP contribution in [0, 0.1) is 6.92 Å². The van der Waals surface area contributed by atoms with E-state index >= 15 is 0 Å². The van der Waals surface area contributed by atoms with Crippen molar-refractivity contribution in [2.45, 2.75) is 19.9 Å². The third-order valence-electron chi connectivity index (χ3n) is 5.86. The average molecular weight is 441 g/mol. The lowest BCUT2D eigenvalue weighted by atomic mass is 9.97. The van der Waals surface area contributed by atoms with Crippen molar-refractivity contribution in [1.82, 2.24) is 0 Å². The van der Waals surface area contributed by atoms with Crippen molar-refractivity contribution in [3.63, 3.8) is 0 Å². The first-order valence-corrected chi connectivity index (χ1v) is 10.8.